The Balaban J connectivity index is 2.77. The Hall–Kier alpha value is -1.00. The van der Waals surface area contributed by atoms with Gasteiger partial charge in [-0.05, 0) is 11.6 Å². The second kappa shape index (κ2) is 4.30. The van der Waals surface area contributed by atoms with Crippen molar-refractivity contribution in [2.45, 2.75) is 12.5 Å². The van der Waals surface area contributed by atoms with E-state index in [1.54, 1.807) is 0 Å². The average Bonchev–Trinajstić information content (AvgIpc) is 2.09. The fourth-order valence-corrected chi connectivity index (χ4v) is 1.02. The van der Waals surface area contributed by atoms with E-state index in [1.807, 2.05) is 0 Å². The van der Waals surface area contributed by atoms with E-state index in [0.717, 1.165) is 12.1 Å². The molecule has 1 aromatic rings. The van der Waals surface area contributed by atoms with Gasteiger partial charge in [0.2, 0.25) is 0 Å². The number of aliphatic hydroxyl groups is 1. The van der Waals surface area contributed by atoms with Crippen LogP contribution in [0.25, 0.3) is 0 Å². The fourth-order valence-electron chi connectivity index (χ4n) is 1.02. The number of nitrogens with two attached hydrogens (primary N) is 1. The van der Waals surface area contributed by atoms with E-state index in [0.29, 0.717) is 0 Å². The summed E-state index contributed by atoms with van der Waals surface area (Å²) in [5.74, 6) is -1.27. The summed E-state index contributed by atoms with van der Waals surface area (Å²) < 4.78 is 25.4. The first-order valence-electron chi connectivity index (χ1n) is 3.95. The van der Waals surface area contributed by atoms with Crippen molar-refractivity contribution in [1.29, 1.82) is 0 Å². The molecule has 0 heterocycles. The predicted octanol–water partition coefficient (Wildman–Crippen LogP) is 0.827. The number of aliphatic hydroxyl groups excluding tert-OH is 1. The molecule has 72 valence electrons. The smallest absolute Gasteiger partial charge is 0.129 e. The lowest BCUT2D eigenvalue weighted by Crippen LogP contribution is -2.22. The fraction of sp³-hybridized carbons (Fsp3) is 0.333. The second-order valence-electron chi connectivity index (χ2n) is 2.83. The number of halogens is 2. The molecule has 13 heavy (non-hydrogen) atoms. The van der Waals surface area contributed by atoms with Crippen LogP contribution in [0.2, 0.25) is 0 Å². The van der Waals surface area contributed by atoms with Crippen LogP contribution < -0.4 is 5.73 Å². The Morgan fingerprint density at radius 1 is 1.38 bits per heavy atom. The molecule has 4 heteroatoms. The van der Waals surface area contributed by atoms with Gasteiger partial charge in [0.05, 0.1) is 6.10 Å². The van der Waals surface area contributed by atoms with Crippen LogP contribution in [0.1, 0.15) is 5.56 Å². The minimum Gasteiger partial charge on any atom is -0.391 e. The normalized spacial score (nSPS) is 12.9. The molecule has 0 aromatic heterocycles. The van der Waals surface area contributed by atoms with Crippen LogP contribution in [0.5, 0.6) is 0 Å². The monoisotopic (exact) mass is 187 g/mol. The molecule has 0 aliphatic heterocycles. The van der Waals surface area contributed by atoms with Gasteiger partial charge in [0.25, 0.3) is 0 Å². The van der Waals surface area contributed by atoms with E-state index in [-0.39, 0.29) is 18.5 Å². The van der Waals surface area contributed by atoms with Crippen LogP contribution >= 0.6 is 0 Å². The van der Waals surface area contributed by atoms with E-state index in [9.17, 15) is 8.78 Å². The Kier molecular flexibility index (Phi) is 3.33. The zero-order chi connectivity index (χ0) is 9.84. The van der Waals surface area contributed by atoms with Gasteiger partial charge in [-0.25, -0.2) is 8.78 Å². The van der Waals surface area contributed by atoms with E-state index in [2.05, 4.69) is 0 Å². The van der Waals surface area contributed by atoms with Gasteiger partial charge in [-0.3, -0.25) is 0 Å². The molecular formula is C9H11F2NO. The summed E-state index contributed by atoms with van der Waals surface area (Å²) in [6.45, 7) is 0.0663. The van der Waals surface area contributed by atoms with E-state index in [4.69, 9.17) is 10.8 Å². The lowest BCUT2D eigenvalue weighted by atomic mass is 10.1. The molecule has 0 bridgehead atoms. The highest BCUT2D eigenvalue weighted by Crippen LogP contribution is 2.11. The van der Waals surface area contributed by atoms with Crippen molar-refractivity contribution >= 4 is 0 Å². The van der Waals surface area contributed by atoms with Crippen LogP contribution in [-0.2, 0) is 6.42 Å². The summed E-state index contributed by atoms with van der Waals surface area (Å²) in [5.41, 5.74) is 5.43. The molecule has 1 atom stereocenters. The van der Waals surface area contributed by atoms with Gasteiger partial charge < -0.3 is 10.8 Å². The van der Waals surface area contributed by atoms with Crippen LogP contribution in [-0.4, -0.2) is 17.8 Å². The Labute approximate surface area is 75.0 Å². The third kappa shape index (κ3) is 2.75. The third-order valence-corrected chi connectivity index (χ3v) is 1.74. The van der Waals surface area contributed by atoms with E-state index >= 15 is 0 Å². The molecule has 0 aliphatic carbocycles. The number of benzene rings is 1. The Bertz CT molecular complexity index is 291. The topological polar surface area (TPSA) is 46.2 Å². The van der Waals surface area contributed by atoms with Gasteiger partial charge >= 0.3 is 0 Å². The highest BCUT2D eigenvalue weighted by molar-refractivity contribution is 5.19. The van der Waals surface area contributed by atoms with E-state index < -0.39 is 17.7 Å². The summed E-state index contributed by atoms with van der Waals surface area (Å²) in [6.07, 6.45) is -0.664. The van der Waals surface area contributed by atoms with Gasteiger partial charge in [0.15, 0.2) is 0 Å². The second-order valence-corrected chi connectivity index (χ2v) is 2.83. The Morgan fingerprint density at radius 2 is 2.08 bits per heavy atom. The van der Waals surface area contributed by atoms with Crippen molar-refractivity contribution in [2.75, 3.05) is 6.54 Å². The molecule has 0 radical (unpaired) electrons. The highest BCUT2D eigenvalue weighted by atomic mass is 19.1. The quantitative estimate of drug-likeness (QED) is 0.736. The maximum absolute atomic E-state index is 13.0. The summed E-state index contributed by atoms with van der Waals surface area (Å²) in [6, 6.07) is 3.25. The first-order valence-corrected chi connectivity index (χ1v) is 3.95. The minimum atomic E-state index is -0.778. The molecular weight excluding hydrogens is 176 g/mol. The van der Waals surface area contributed by atoms with Crippen molar-refractivity contribution < 1.29 is 13.9 Å². The molecule has 0 spiro atoms. The van der Waals surface area contributed by atoms with Gasteiger partial charge in [-0.2, -0.15) is 0 Å². The predicted molar refractivity (Wildman–Crippen MR) is 45.1 cm³/mol. The standard InChI is InChI=1S/C9H11F2NO/c10-7-2-1-6(9(11)4-7)3-8(13)5-12/h1-2,4,8,13H,3,5,12H2/t8-/m0/s1. The summed E-state index contributed by atoms with van der Waals surface area (Å²) in [7, 11) is 0. The summed E-state index contributed by atoms with van der Waals surface area (Å²) >= 11 is 0. The first-order chi connectivity index (χ1) is 6.13. The maximum Gasteiger partial charge on any atom is 0.129 e. The summed E-state index contributed by atoms with van der Waals surface area (Å²) in [4.78, 5) is 0. The maximum atomic E-state index is 13.0. The van der Waals surface area contributed by atoms with Crippen molar-refractivity contribution in [3.05, 3.63) is 35.4 Å². The molecule has 3 N–H and O–H groups in total. The lowest BCUT2D eigenvalue weighted by Gasteiger charge is -2.07. The largest absolute Gasteiger partial charge is 0.391 e. The molecule has 0 unspecified atom stereocenters. The molecule has 0 fully saturated rings. The van der Waals surface area contributed by atoms with Gasteiger partial charge in [0.1, 0.15) is 11.6 Å². The molecule has 0 aliphatic rings. The number of hydrogen-bond donors (Lipinski definition) is 2. The first kappa shape index (κ1) is 10.1. The third-order valence-electron chi connectivity index (χ3n) is 1.74. The number of rotatable bonds is 3. The van der Waals surface area contributed by atoms with Crippen molar-refractivity contribution in [3.8, 4) is 0 Å². The van der Waals surface area contributed by atoms with Crippen molar-refractivity contribution in [1.82, 2.24) is 0 Å². The van der Waals surface area contributed by atoms with Crippen molar-refractivity contribution in [3.63, 3.8) is 0 Å². The van der Waals surface area contributed by atoms with Crippen LogP contribution in [0.3, 0.4) is 0 Å². The zero-order valence-electron chi connectivity index (χ0n) is 7.00. The van der Waals surface area contributed by atoms with Gasteiger partial charge in [-0.15, -0.1) is 0 Å². The Morgan fingerprint density at radius 3 is 2.62 bits per heavy atom. The highest BCUT2D eigenvalue weighted by Gasteiger charge is 2.08. The molecule has 1 rings (SSSR count). The average molecular weight is 187 g/mol. The molecule has 0 saturated carbocycles. The number of hydrogen-bond acceptors (Lipinski definition) is 2. The zero-order valence-corrected chi connectivity index (χ0v) is 7.00. The minimum absolute atomic E-state index is 0.0663. The van der Waals surface area contributed by atoms with Crippen LogP contribution in [0.15, 0.2) is 18.2 Å². The molecule has 1 aromatic carbocycles. The summed E-state index contributed by atoms with van der Waals surface area (Å²) in [5, 5.41) is 9.12. The van der Waals surface area contributed by atoms with E-state index in [1.165, 1.54) is 6.07 Å². The van der Waals surface area contributed by atoms with Gasteiger partial charge in [0, 0.05) is 19.0 Å². The molecule has 2 nitrogen and oxygen atoms in total. The van der Waals surface area contributed by atoms with Crippen molar-refractivity contribution in [2.24, 2.45) is 5.73 Å². The lowest BCUT2D eigenvalue weighted by molar-refractivity contribution is 0.182. The van der Waals surface area contributed by atoms with Crippen LogP contribution in [0, 0.1) is 11.6 Å². The van der Waals surface area contributed by atoms with Gasteiger partial charge in [-0.1, -0.05) is 6.07 Å². The molecule has 0 amide bonds. The molecule has 0 saturated heterocycles. The van der Waals surface area contributed by atoms with Crippen LogP contribution in [0.4, 0.5) is 8.78 Å². The SMILES string of the molecule is NC[C@@H](O)Cc1ccc(F)cc1F.